The van der Waals surface area contributed by atoms with Gasteiger partial charge in [0.25, 0.3) is 5.91 Å². The number of hydrogen-bond acceptors (Lipinski definition) is 2. The summed E-state index contributed by atoms with van der Waals surface area (Å²) in [6, 6.07) is 6.85. The number of nitrogens with one attached hydrogen (secondary N) is 1. The van der Waals surface area contributed by atoms with E-state index in [2.05, 4.69) is 5.32 Å². The molecule has 0 heterocycles. The topological polar surface area (TPSA) is 46.2 Å². The van der Waals surface area contributed by atoms with Gasteiger partial charge in [0, 0.05) is 12.1 Å². The lowest BCUT2D eigenvalue weighted by Crippen LogP contribution is -2.25. The van der Waals surface area contributed by atoms with Crippen molar-refractivity contribution in [3.05, 3.63) is 47.5 Å². The van der Waals surface area contributed by atoms with Gasteiger partial charge in [0.15, 0.2) is 5.78 Å². The Bertz CT molecular complexity index is 436. The Kier molecular flexibility index (Phi) is 5.14. The van der Waals surface area contributed by atoms with Crippen molar-refractivity contribution >= 4 is 11.7 Å². The Morgan fingerprint density at radius 3 is 2.47 bits per heavy atom. The Morgan fingerprint density at radius 1 is 1.24 bits per heavy atom. The molecule has 0 fully saturated rings. The van der Waals surface area contributed by atoms with Gasteiger partial charge in [-0.1, -0.05) is 30.4 Å². The summed E-state index contributed by atoms with van der Waals surface area (Å²) < 4.78 is 0. The van der Waals surface area contributed by atoms with Crippen molar-refractivity contribution < 1.29 is 9.59 Å². The summed E-state index contributed by atoms with van der Waals surface area (Å²) >= 11 is 0. The highest BCUT2D eigenvalue weighted by molar-refractivity contribution is 6.07. The fraction of sp³-hybridized carbons (Fsp3) is 0.286. The van der Waals surface area contributed by atoms with E-state index in [1.165, 1.54) is 6.92 Å². The lowest BCUT2D eigenvalue weighted by molar-refractivity contribution is 0.0939. The van der Waals surface area contributed by atoms with Crippen molar-refractivity contribution in [3.63, 3.8) is 0 Å². The van der Waals surface area contributed by atoms with Gasteiger partial charge in [-0.15, -0.1) is 0 Å². The van der Waals surface area contributed by atoms with Crippen molar-refractivity contribution in [3.8, 4) is 0 Å². The van der Waals surface area contributed by atoms with Crippen molar-refractivity contribution in [1.29, 1.82) is 0 Å². The van der Waals surface area contributed by atoms with Crippen LogP contribution in [0.4, 0.5) is 0 Å². The maximum Gasteiger partial charge on any atom is 0.252 e. The van der Waals surface area contributed by atoms with E-state index in [-0.39, 0.29) is 11.7 Å². The summed E-state index contributed by atoms with van der Waals surface area (Å²) in [5.41, 5.74) is 0.913. The number of benzene rings is 1. The average molecular weight is 231 g/mol. The summed E-state index contributed by atoms with van der Waals surface area (Å²) in [6.07, 6.45) is 4.72. The van der Waals surface area contributed by atoms with Gasteiger partial charge in [-0.2, -0.15) is 0 Å². The quantitative estimate of drug-likeness (QED) is 0.481. The van der Waals surface area contributed by atoms with Crippen LogP contribution in [-0.4, -0.2) is 18.2 Å². The zero-order chi connectivity index (χ0) is 12.7. The first kappa shape index (κ1) is 13.2. The molecule has 0 unspecified atom stereocenters. The highest BCUT2D eigenvalue weighted by Gasteiger charge is 2.12. The number of carbonyl (C=O) groups excluding carboxylic acids is 2. The second-order valence-electron chi connectivity index (χ2n) is 3.72. The third kappa shape index (κ3) is 3.87. The molecule has 3 nitrogen and oxygen atoms in total. The fourth-order valence-corrected chi connectivity index (χ4v) is 1.52. The maximum absolute atomic E-state index is 11.8. The molecule has 0 saturated heterocycles. The van der Waals surface area contributed by atoms with Crippen LogP contribution >= 0.6 is 0 Å². The molecular weight excluding hydrogens is 214 g/mol. The van der Waals surface area contributed by atoms with E-state index in [4.69, 9.17) is 0 Å². The lowest BCUT2D eigenvalue weighted by atomic mass is 10.0. The molecule has 0 bridgehead atoms. The number of hydrogen-bond donors (Lipinski definition) is 1. The Hall–Kier alpha value is -1.90. The number of amides is 1. The van der Waals surface area contributed by atoms with Gasteiger partial charge in [-0.25, -0.2) is 0 Å². The van der Waals surface area contributed by atoms with Crippen LogP contribution in [0.5, 0.6) is 0 Å². The minimum atomic E-state index is -0.194. The van der Waals surface area contributed by atoms with Crippen molar-refractivity contribution in [2.45, 2.75) is 20.3 Å². The third-order valence-electron chi connectivity index (χ3n) is 2.38. The number of ketones is 1. The maximum atomic E-state index is 11.8. The molecule has 1 amide bonds. The van der Waals surface area contributed by atoms with Crippen LogP contribution in [0.1, 0.15) is 41.0 Å². The molecule has 1 rings (SSSR count). The molecule has 0 aromatic heterocycles. The highest BCUT2D eigenvalue weighted by Crippen LogP contribution is 2.09. The average Bonchev–Trinajstić information content (AvgIpc) is 2.34. The van der Waals surface area contributed by atoms with Gasteiger partial charge >= 0.3 is 0 Å². The van der Waals surface area contributed by atoms with Crippen LogP contribution in [-0.2, 0) is 0 Å². The molecule has 1 aromatic rings. The van der Waals surface area contributed by atoms with E-state index in [0.717, 1.165) is 6.42 Å². The molecule has 3 heteroatoms. The van der Waals surface area contributed by atoms with Crippen LogP contribution in [0.25, 0.3) is 0 Å². The molecule has 0 aliphatic rings. The summed E-state index contributed by atoms with van der Waals surface area (Å²) in [5.74, 6) is -0.287. The Balaban J connectivity index is 2.71. The van der Waals surface area contributed by atoms with Crippen molar-refractivity contribution in [1.82, 2.24) is 5.32 Å². The molecule has 0 aliphatic heterocycles. The van der Waals surface area contributed by atoms with Gasteiger partial charge in [-0.3, -0.25) is 9.59 Å². The monoisotopic (exact) mass is 231 g/mol. The number of rotatable bonds is 5. The molecule has 0 radical (unpaired) electrons. The summed E-state index contributed by atoms with van der Waals surface area (Å²) in [7, 11) is 0. The third-order valence-corrected chi connectivity index (χ3v) is 2.38. The van der Waals surface area contributed by atoms with E-state index < -0.39 is 0 Å². The number of carbonyl (C=O) groups is 2. The SMILES string of the molecule is CC=CCCNC(=O)c1ccccc1C(C)=O. The molecule has 0 spiro atoms. The second kappa shape index (κ2) is 6.63. The van der Waals surface area contributed by atoms with Crippen molar-refractivity contribution in [2.75, 3.05) is 6.54 Å². The van der Waals surface area contributed by atoms with E-state index in [1.54, 1.807) is 24.3 Å². The van der Waals surface area contributed by atoms with E-state index in [9.17, 15) is 9.59 Å². The van der Waals surface area contributed by atoms with Crippen LogP contribution in [0, 0.1) is 0 Å². The molecule has 0 aliphatic carbocycles. The predicted molar refractivity (Wildman–Crippen MR) is 68.2 cm³/mol. The van der Waals surface area contributed by atoms with Crippen LogP contribution in [0.2, 0.25) is 0 Å². The lowest BCUT2D eigenvalue weighted by Gasteiger charge is -2.07. The first-order valence-electron chi connectivity index (χ1n) is 5.66. The second-order valence-corrected chi connectivity index (χ2v) is 3.72. The first-order chi connectivity index (χ1) is 8.16. The van der Waals surface area contributed by atoms with Gasteiger partial charge in [0.1, 0.15) is 0 Å². The van der Waals surface area contributed by atoms with Crippen molar-refractivity contribution in [2.24, 2.45) is 0 Å². The van der Waals surface area contributed by atoms with Crippen LogP contribution in [0.3, 0.4) is 0 Å². The summed E-state index contributed by atoms with van der Waals surface area (Å²) in [6.45, 7) is 3.98. The molecular formula is C14H17NO2. The molecule has 90 valence electrons. The molecule has 1 aromatic carbocycles. The fourth-order valence-electron chi connectivity index (χ4n) is 1.52. The standard InChI is InChI=1S/C14H17NO2/c1-3-4-7-10-15-14(17)13-9-6-5-8-12(13)11(2)16/h3-6,8-9H,7,10H2,1-2H3,(H,15,17). The van der Waals surface area contributed by atoms with E-state index in [0.29, 0.717) is 17.7 Å². The normalized spacial score (nSPS) is 10.5. The van der Waals surface area contributed by atoms with Gasteiger partial charge < -0.3 is 5.32 Å². The minimum absolute atomic E-state index is 0.0933. The molecule has 0 atom stereocenters. The van der Waals surface area contributed by atoms with E-state index >= 15 is 0 Å². The van der Waals surface area contributed by atoms with Crippen LogP contribution < -0.4 is 5.32 Å². The highest BCUT2D eigenvalue weighted by atomic mass is 16.2. The summed E-state index contributed by atoms with van der Waals surface area (Å²) in [5, 5.41) is 2.79. The minimum Gasteiger partial charge on any atom is -0.352 e. The van der Waals surface area contributed by atoms with Gasteiger partial charge in [0.05, 0.1) is 5.56 Å². The smallest absolute Gasteiger partial charge is 0.252 e. The number of Topliss-reactive ketones (excluding diaryl/α,β-unsaturated/α-hetero) is 1. The molecule has 1 N–H and O–H groups in total. The summed E-state index contributed by atoms with van der Waals surface area (Å²) in [4.78, 5) is 23.2. The number of allylic oxidation sites excluding steroid dienone is 1. The zero-order valence-electron chi connectivity index (χ0n) is 10.2. The van der Waals surface area contributed by atoms with Gasteiger partial charge in [0.2, 0.25) is 0 Å². The Morgan fingerprint density at radius 2 is 1.88 bits per heavy atom. The molecule has 17 heavy (non-hydrogen) atoms. The van der Waals surface area contributed by atoms with Gasteiger partial charge in [-0.05, 0) is 26.3 Å². The Labute approximate surface area is 102 Å². The zero-order valence-corrected chi connectivity index (χ0v) is 10.2. The molecule has 0 saturated carbocycles. The van der Waals surface area contributed by atoms with Crippen LogP contribution in [0.15, 0.2) is 36.4 Å². The van der Waals surface area contributed by atoms with E-state index in [1.807, 2.05) is 19.1 Å². The largest absolute Gasteiger partial charge is 0.352 e. The first-order valence-corrected chi connectivity index (χ1v) is 5.66. The predicted octanol–water partition coefficient (Wildman–Crippen LogP) is 2.59.